The Morgan fingerprint density at radius 3 is 3.08 bits per heavy atom. The Morgan fingerprint density at radius 2 is 2.58 bits per heavy atom. The van der Waals surface area contributed by atoms with Crippen molar-refractivity contribution in [2.75, 3.05) is 0 Å². The quantitative estimate of drug-likeness (QED) is 0.291. The van der Waals surface area contributed by atoms with Gasteiger partial charge in [-0.15, -0.1) is 0 Å². The van der Waals surface area contributed by atoms with Crippen molar-refractivity contribution in [3.05, 3.63) is 12.2 Å². The molecular formula is C8H11NO3. The molecule has 4 nitrogen and oxygen atoms in total. The van der Waals surface area contributed by atoms with Crippen LogP contribution in [0.1, 0.15) is 19.8 Å². The number of oxime groups is 1. The van der Waals surface area contributed by atoms with Crippen LogP contribution in [0, 0.1) is 0 Å². The molecule has 66 valence electrons. The van der Waals surface area contributed by atoms with Crippen molar-refractivity contribution >= 4 is 11.7 Å². The van der Waals surface area contributed by atoms with Crippen LogP contribution < -0.4 is 0 Å². The predicted molar refractivity (Wildman–Crippen MR) is 43.1 cm³/mol. The molecule has 0 saturated carbocycles. The molecule has 1 atom stereocenters. The van der Waals surface area contributed by atoms with E-state index in [9.17, 15) is 4.79 Å². The van der Waals surface area contributed by atoms with E-state index in [1.807, 2.05) is 0 Å². The first kappa shape index (κ1) is 8.77. The van der Waals surface area contributed by atoms with Gasteiger partial charge < -0.3 is 9.94 Å². The Kier molecular flexibility index (Phi) is 2.85. The van der Waals surface area contributed by atoms with E-state index in [1.165, 1.54) is 0 Å². The number of rotatable bonds is 2. The summed E-state index contributed by atoms with van der Waals surface area (Å²) in [5.74, 6) is -0.164. The highest BCUT2D eigenvalue weighted by Gasteiger charge is 2.20. The molecule has 0 bridgehead atoms. The van der Waals surface area contributed by atoms with Crippen LogP contribution >= 0.6 is 0 Å². The zero-order chi connectivity index (χ0) is 8.97. The summed E-state index contributed by atoms with van der Waals surface area (Å²) < 4.78 is 4.89. The van der Waals surface area contributed by atoms with Gasteiger partial charge >= 0.3 is 5.97 Å². The summed E-state index contributed by atoms with van der Waals surface area (Å²) in [7, 11) is 0. The Balaban J connectivity index is 2.42. The minimum atomic E-state index is -0.164. The summed E-state index contributed by atoms with van der Waals surface area (Å²) in [6, 6.07) is 0. The van der Waals surface area contributed by atoms with Crippen molar-refractivity contribution in [3.8, 4) is 0 Å². The first-order valence-corrected chi connectivity index (χ1v) is 3.78. The van der Waals surface area contributed by atoms with Crippen LogP contribution in [-0.2, 0) is 9.53 Å². The van der Waals surface area contributed by atoms with Gasteiger partial charge in [0.25, 0.3) is 0 Å². The van der Waals surface area contributed by atoms with Crippen LogP contribution in [0.3, 0.4) is 0 Å². The van der Waals surface area contributed by atoms with Crippen molar-refractivity contribution in [1.29, 1.82) is 0 Å². The molecule has 1 heterocycles. The lowest BCUT2D eigenvalue weighted by Crippen LogP contribution is -2.02. The van der Waals surface area contributed by atoms with Gasteiger partial charge in [0.15, 0.2) is 0 Å². The normalized spacial score (nSPS) is 24.9. The molecule has 1 saturated heterocycles. The molecule has 0 radical (unpaired) electrons. The summed E-state index contributed by atoms with van der Waals surface area (Å²) in [6.45, 7) is 1.66. The third kappa shape index (κ3) is 2.38. The van der Waals surface area contributed by atoms with E-state index in [2.05, 4.69) is 5.16 Å². The second kappa shape index (κ2) is 3.90. The molecule has 1 rings (SSSR count). The number of nitrogens with zero attached hydrogens (tertiary/aromatic N) is 1. The molecule has 0 aliphatic carbocycles. The maximum atomic E-state index is 10.6. The molecule has 0 spiro atoms. The van der Waals surface area contributed by atoms with Crippen LogP contribution in [0.25, 0.3) is 0 Å². The number of carbonyl (C=O) groups excluding carboxylic acids is 1. The maximum Gasteiger partial charge on any atom is 0.306 e. The number of esters is 1. The van der Waals surface area contributed by atoms with Gasteiger partial charge in [-0.25, -0.2) is 0 Å². The molecule has 1 fully saturated rings. The minimum Gasteiger partial charge on any atom is -0.458 e. The maximum absolute atomic E-state index is 10.6. The van der Waals surface area contributed by atoms with Crippen LogP contribution in [0.15, 0.2) is 17.3 Å². The zero-order valence-electron chi connectivity index (χ0n) is 6.86. The molecule has 4 heteroatoms. The highest BCUT2D eigenvalue weighted by atomic mass is 16.5. The third-order valence-electron chi connectivity index (χ3n) is 1.63. The van der Waals surface area contributed by atoms with Gasteiger partial charge in [0.2, 0.25) is 0 Å². The fourth-order valence-corrected chi connectivity index (χ4v) is 0.962. The zero-order valence-corrected chi connectivity index (χ0v) is 6.86. The lowest BCUT2D eigenvalue weighted by atomic mass is 10.2. The van der Waals surface area contributed by atoms with Crippen molar-refractivity contribution in [3.63, 3.8) is 0 Å². The van der Waals surface area contributed by atoms with Crippen LogP contribution in [-0.4, -0.2) is 23.0 Å². The van der Waals surface area contributed by atoms with Crippen molar-refractivity contribution in [2.24, 2.45) is 5.16 Å². The summed E-state index contributed by atoms with van der Waals surface area (Å²) in [6.07, 6.45) is 4.40. The molecule has 0 aromatic carbocycles. The third-order valence-corrected chi connectivity index (χ3v) is 1.63. The van der Waals surface area contributed by atoms with Gasteiger partial charge in [0, 0.05) is 6.42 Å². The van der Waals surface area contributed by atoms with Crippen molar-refractivity contribution in [2.45, 2.75) is 25.9 Å². The first-order chi connectivity index (χ1) is 5.72. The number of allylic oxidation sites excluding steroid dienone is 1. The highest BCUT2D eigenvalue weighted by Crippen LogP contribution is 2.14. The Bertz CT molecular complexity index is 232. The summed E-state index contributed by atoms with van der Waals surface area (Å²) in [5.41, 5.74) is 0.498. The predicted octanol–water partition coefficient (Wildman–Crippen LogP) is 1.10. The van der Waals surface area contributed by atoms with E-state index >= 15 is 0 Å². The fourth-order valence-electron chi connectivity index (χ4n) is 0.962. The average Bonchev–Trinajstić information content (AvgIpc) is 2.47. The van der Waals surface area contributed by atoms with Gasteiger partial charge in [-0.3, -0.25) is 4.79 Å². The van der Waals surface area contributed by atoms with E-state index in [0.29, 0.717) is 18.6 Å². The van der Waals surface area contributed by atoms with Crippen LogP contribution in [0.4, 0.5) is 0 Å². The second-order valence-electron chi connectivity index (χ2n) is 2.67. The molecule has 0 amide bonds. The lowest BCUT2D eigenvalue weighted by Gasteiger charge is -2.00. The Morgan fingerprint density at radius 1 is 1.83 bits per heavy atom. The molecule has 1 aliphatic rings. The topological polar surface area (TPSA) is 58.9 Å². The monoisotopic (exact) mass is 169 g/mol. The summed E-state index contributed by atoms with van der Waals surface area (Å²) in [4.78, 5) is 10.6. The summed E-state index contributed by atoms with van der Waals surface area (Å²) in [5, 5.41) is 11.2. The minimum absolute atomic E-state index is 0.144. The average molecular weight is 169 g/mol. The Labute approximate surface area is 70.5 Å². The highest BCUT2D eigenvalue weighted by molar-refractivity contribution is 5.92. The van der Waals surface area contributed by atoms with Gasteiger partial charge in [0.1, 0.15) is 6.10 Å². The van der Waals surface area contributed by atoms with Crippen LogP contribution in [0.5, 0.6) is 0 Å². The smallest absolute Gasteiger partial charge is 0.306 e. The largest absolute Gasteiger partial charge is 0.458 e. The first-order valence-electron chi connectivity index (χ1n) is 3.78. The molecule has 1 aliphatic heterocycles. The van der Waals surface area contributed by atoms with Gasteiger partial charge in [-0.1, -0.05) is 5.16 Å². The Hall–Kier alpha value is -1.32. The molecule has 0 aromatic heterocycles. The number of hydrogen-bond donors (Lipinski definition) is 1. The van der Waals surface area contributed by atoms with Crippen molar-refractivity contribution < 1.29 is 14.7 Å². The number of cyclic esters (lactones) is 1. The standard InChI is InChI=1S/C8H11NO3/c1-6(9-11)2-3-7-4-5-8(10)12-7/h2-3,7,11H,4-5H2,1H3/b3-2+,9-6+. The second-order valence-corrected chi connectivity index (χ2v) is 2.67. The van der Waals surface area contributed by atoms with E-state index in [0.717, 1.165) is 0 Å². The van der Waals surface area contributed by atoms with E-state index < -0.39 is 0 Å². The molecule has 1 unspecified atom stereocenters. The number of ether oxygens (including phenoxy) is 1. The SMILES string of the molecule is CC(/C=C/C1CCC(=O)O1)=N\O. The van der Waals surface area contributed by atoms with E-state index in [4.69, 9.17) is 9.94 Å². The molecular weight excluding hydrogens is 158 g/mol. The summed E-state index contributed by atoms with van der Waals surface area (Å²) >= 11 is 0. The van der Waals surface area contributed by atoms with E-state index in [1.54, 1.807) is 19.1 Å². The van der Waals surface area contributed by atoms with Gasteiger partial charge in [0.05, 0.1) is 5.71 Å². The van der Waals surface area contributed by atoms with Gasteiger partial charge in [-0.05, 0) is 25.5 Å². The number of hydrogen-bond acceptors (Lipinski definition) is 4. The van der Waals surface area contributed by atoms with Gasteiger partial charge in [-0.2, -0.15) is 0 Å². The fraction of sp³-hybridized carbons (Fsp3) is 0.500. The van der Waals surface area contributed by atoms with Crippen LogP contribution in [0.2, 0.25) is 0 Å². The number of carbonyl (C=O) groups is 1. The molecule has 1 N–H and O–H groups in total. The van der Waals surface area contributed by atoms with Crippen molar-refractivity contribution in [1.82, 2.24) is 0 Å². The molecule has 0 aromatic rings. The molecule has 12 heavy (non-hydrogen) atoms. The lowest BCUT2D eigenvalue weighted by molar-refractivity contribution is -0.139. The van der Waals surface area contributed by atoms with E-state index in [-0.39, 0.29) is 12.1 Å².